The largest absolute Gasteiger partial charge is 0.394 e. The molecule has 0 saturated heterocycles. The molecule has 0 aliphatic carbocycles. The highest BCUT2D eigenvalue weighted by Crippen LogP contribution is 2.10. The molecule has 2 aromatic rings. The number of hydrogen-bond acceptors (Lipinski definition) is 4. The van der Waals surface area contributed by atoms with Gasteiger partial charge in [-0.3, -0.25) is 4.79 Å². The Morgan fingerprint density at radius 1 is 1.43 bits per heavy atom. The van der Waals surface area contributed by atoms with Gasteiger partial charge < -0.3 is 10.4 Å². The molecule has 6 heteroatoms. The number of carbonyl (C=O) groups excluding carboxylic acids is 1. The van der Waals surface area contributed by atoms with Gasteiger partial charge in [0.25, 0.3) is 5.91 Å². The highest BCUT2D eigenvalue weighted by molar-refractivity contribution is 5.94. The number of nitrogens with one attached hydrogen (secondary N) is 1. The van der Waals surface area contributed by atoms with Crippen molar-refractivity contribution >= 4 is 5.91 Å². The summed E-state index contributed by atoms with van der Waals surface area (Å²) in [7, 11) is 0. The summed E-state index contributed by atoms with van der Waals surface area (Å²) in [6.07, 6.45) is 3.76. The minimum absolute atomic E-state index is 0.0628. The molecule has 0 spiro atoms. The molecule has 0 fully saturated rings. The standard InChI is InChI=1S/C15H20N4O2/c1-11(2)6-13(8-20)18-15(21)12-4-3-5-14(7-12)19-10-16-9-17-19/h3-5,7,9-11,13,20H,6,8H2,1-2H3,(H,18,21). The van der Waals surface area contributed by atoms with Crippen molar-refractivity contribution in [2.75, 3.05) is 6.61 Å². The molecule has 2 rings (SSSR count). The zero-order valence-electron chi connectivity index (χ0n) is 12.2. The quantitative estimate of drug-likeness (QED) is 0.842. The summed E-state index contributed by atoms with van der Waals surface area (Å²) in [6.45, 7) is 4.05. The van der Waals surface area contributed by atoms with Gasteiger partial charge in [0.2, 0.25) is 0 Å². The van der Waals surface area contributed by atoms with Crippen molar-refractivity contribution in [1.29, 1.82) is 0 Å². The molecule has 0 bridgehead atoms. The van der Waals surface area contributed by atoms with Gasteiger partial charge >= 0.3 is 0 Å². The Morgan fingerprint density at radius 2 is 2.24 bits per heavy atom. The minimum Gasteiger partial charge on any atom is -0.394 e. The number of aromatic nitrogens is 3. The highest BCUT2D eigenvalue weighted by Gasteiger charge is 2.14. The van der Waals surface area contributed by atoms with Crippen molar-refractivity contribution in [3.8, 4) is 5.69 Å². The zero-order chi connectivity index (χ0) is 15.2. The first-order valence-corrected chi connectivity index (χ1v) is 6.97. The third-order valence-corrected chi connectivity index (χ3v) is 3.10. The van der Waals surface area contributed by atoms with E-state index in [0.29, 0.717) is 11.5 Å². The van der Waals surface area contributed by atoms with Crippen LogP contribution in [0.2, 0.25) is 0 Å². The van der Waals surface area contributed by atoms with E-state index in [-0.39, 0.29) is 18.6 Å². The van der Waals surface area contributed by atoms with Crippen LogP contribution < -0.4 is 5.32 Å². The van der Waals surface area contributed by atoms with Crippen molar-refractivity contribution in [3.05, 3.63) is 42.5 Å². The van der Waals surface area contributed by atoms with E-state index >= 15 is 0 Å². The van der Waals surface area contributed by atoms with E-state index in [4.69, 9.17) is 0 Å². The zero-order valence-corrected chi connectivity index (χ0v) is 12.2. The lowest BCUT2D eigenvalue weighted by molar-refractivity contribution is 0.0908. The second-order valence-corrected chi connectivity index (χ2v) is 5.37. The average molecular weight is 288 g/mol. The Bertz CT molecular complexity index is 581. The van der Waals surface area contributed by atoms with Gasteiger partial charge in [-0.1, -0.05) is 19.9 Å². The van der Waals surface area contributed by atoms with Crippen molar-refractivity contribution in [2.24, 2.45) is 5.92 Å². The number of amides is 1. The molecule has 0 aliphatic rings. The smallest absolute Gasteiger partial charge is 0.251 e. The van der Waals surface area contributed by atoms with Gasteiger partial charge in [-0.05, 0) is 30.5 Å². The molecule has 1 unspecified atom stereocenters. The topological polar surface area (TPSA) is 80.0 Å². The number of carbonyl (C=O) groups is 1. The van der Waals surface area contributed by atoms with Crippen LogP contribution in [0, 0.1) is 5.92 Å². The molecule has 0 saturated carbocycles. The number of hydrogen-bond donors (Lipinski definition) is 2. The lowest BCUT2D eigenvalue weighted by Crippen LogP contribution is -2.38. The fraction of sp³-hybridized carbons (Fsp3) is 0.400. The summed E-state index contributed by atoms with van der Waals surface area (Å²) >= 11 is 0. The van der Waals surface area contributed by atoms with E-state index in [1.807, 2.05) is 6.07 Å². The van der Waals surface area contributed by atoms with Crippen LogP contribution in [0.4, 0.5) is 0 Å². The van der Waals surface area contributed by atoms with Gasteiger partial charge in [-0.2, -0.15) is 5.10 Å². The second kappa shape index (κ2) is 6.99. The monoisotopic (exact) mass is 288 g/mol. The van der Waals surface area contributed by atoms with Gasteiger partial charge in [0.05, 0.1) is 18.3 Å². The molecule has 0 aliphatic heterocycles. The van der Waals surface area contributed by atoms with Crippen LogP contribution in [0.25, 0.3) is 5.69 Å². The van der Waals surface area contributed by atoms with Crippen LogP contribution >= 0.6 is 0 Å². The van der Waals surface area contributed by atoms with E-state index < -0.39 is 0 Å². The van der Waals surface area contributed by atoms with E-state index in [9.17, 15) is 9.90 Å². The first kappa shape index (κ1) is 15.2. The Labute approximate surface area is 123 Å². The van der Waals surface area contributed by atoms with Crippen LogP contribution in [0.3, 0.4) is 0 Å². The first-order valence-electron chi connectivity index (χ1n) is 6.97. The number of aliphatic hydroxyl groups excluding tert-OH is 1. The lowest BCUT2D eigenvalue weighted by atomic mass is 10.0. The predicted octanol–water partition coefficient (Wildman–Crippen LogP) is 1.40. The van der Waals surface area contributed by atoms with E-state index in [0.717, 1.165) is 12.1 Å². The van der Waals surface area contributed by atoms with Crippen molar-refractivity contribution < 1.29 is 9.90 Å². The van der Waals surface area contributed by atoms with E-state index in [2.05, 4.69) is 29.2 Å². The molecule has 1 heterocycles. The van der Waals surface area contributed by atoms with Crippen LogP contribution in [-0.2, 0) is 0 Å². The summed E-state index contributed by atoms with van der Waals surface area (Å²) < 4.78 is 1.59. The van der Waals surface area contributed by atoms with Crippen molar-refractivity contribution in [1.82, 2.24) is 20.1 Å². The molecular weight excluding hydrogens is 268 g/mol. The minimum atomic E-state index is -0.229. The Hall–Kier alpha value is -2.21. The fourth-order valence-corrected chi connectivity index (χ4v) is 2.15. The number of nitrogens with zero attached hydrogens (tertiary/aromatic N) is 3. The summed E-state index contributed by atoms with van der Waals surface area (Å²) in [4.78, 5) is 16.1. The molecule has 21 heavy (non-hydrogen) atoms. The van der Waals surface area contributed by atoms with Crippen LogP contribution in [0.5, 0.6) is 0 Å². The molecular formula is C15H20N4O2. The lowest BCUT2D eigenvalue weighted by Gasteiger charge is -2.18. The summed E-state index contributed by atoms with van der Waals surface area (Å²) in [6, 6.07) is 6.89. The SMILES string of the molecule is CC(C)CC(CO)NC(=O)c1cccc(-n2cncn2)c1. The molecule has 1 aromatic heterocycles. The first-order chi connectivity index (χ1) is 10.1. The number of rotatable bonds is 6. The second-order valence-electron chi connectivity index (χ2n) is 5.37. The van der Waals surface area contributed by atoms with Gasteiger partial charge in [0.15, 0.2) is 0 Å². The van der Waals surface area contributed by atoms with Gasteiger partial charge in [-0.25, -0.2) is 9.67 Å². The molecule has 0 radical (unpaired) electrons. The van der Waals surface area contributed by atoms with Crippen molar-refractivity contribution in [3.63, 3.8) is 0 Å². The molecule has 1 aromatic carbocycles. The third kappa shape index (κ3) is 4.13. The van der Waals surface area contributed by atoms with Crippen molar-refractivity contribution in [2.45, 2.75) is 26.3 Å². The molecule has 2 N–H and O–H groups in total. The molecule has 1 atom stereocenters. The highest BCUT2D eigenvalue weighted by atomic mass is 16.3. The Morgan fingerprint density at radius 3 is 2.86 bits per heavy atom. The maximum Gasteiger partial charge on any atom is 0.251 e. The van der Waals surface area contributed by atoms with Crippen LogP contribution in [0.15, 0.2) is 36.9 Å². The van der Waals surface area contributed by atoms with Crippen LogP contribution in [0.1, 0.15) is 30.6 Å². The fourth-order valence-electron chi connectivity index (χ4n) is 2.15. The Balaban J connectivity index is 2.10. The summed E-state index contributed by atoms with van der Waals surface area (Å²) in [5.41, 5.74) is 1.30. The Kier molecular flexibility index (Phi) is 5.05. The normalized spacial score (nSPS) is 12.4. The molecule has 6 nitrogen and oxygen atoms in total. The number of benzene rings is 1. The third-order valence-electron chi connectivity index (χ3n) is 3.10. The van der Waals surface area contributed by atoms with E-state index in [1.54, 1.807) is 29.2 Å². The van der Waals surface area contributed by atoms with Crippen LogP contribution in [-0.4, -0.2) is 38.4 Å². The summed E-state index contributed by atoms with van der Waals surface area (Å²) in [5.74, 6) is 0.209. The maximum atomic E-state index is 12.2. The summed E-state index contributed by atoms with van der Waals surface area (Å²) in [5, 5.41) is 16.2. The maximum absolute atomic E-state index is 12.2. The van der Waals surface area contributed by atoms with Gasteiger partial charge in [0, 0.05) is 5.56 Å². The van der Waals surface area contributed by atoms with Gasteiger partial charge in [-0.15, -0.1) is 0 Å². The molecule has 112 valence electrons. The number of aliphatic hydroxyl groups is 1. The predicted molar refractivity (Wildman–Crippen MR) is 79.2 cm³/mol. The van der Waals surface area contributed by atoms with E-state index in [1.165, 1.54) is 6.33 Å². The average Bonchev–Trinajstić information content (AvgIpc) is 3.00. The van der Waals surface area contributed by atoms with Gasteiger partial charge in [0.1, 0.15) is 12.7 Å². The molecule has 1 amide bonds.